The molecule has 0 aromatic carbocycles. The molecular formula is C12H17N3O3S2. The molecule has 2 amide bonds. The summed E-state index contributed by atoms with van der Waals surface area (Å²) in [6.45, 7) is 3.10. The molecule has 20 heavy (non-hydrogen) atoms. The van der Waals surface area contributed by atoms with Crippen LogP contribution in [0, 0.1) is 10.9 Å². The number of ether oxygens (including phenoxy) is 1. The van der Waals surface area contributed by atoms with E-state index in [0.29, 0.717) is 23.5 Å². The summed E-state index contributed by atoms with van der Waals surface area (Å²) in [5.74, 6) is 0.0625. The van der Waals surface area contributed by atoms with E-state index in [9.17, 15) is 9.59 Å². The van der Waals surface area contributed by atoms with Crippen LogP contribution in [0.25, 0.3) is 0 Å². The number of aromatic nitrogens is 1. The number of aryl methyl sites for hydroxylation is 1. The Morgan fingerprint density at radius 2 is 2.35 bits per heavy atom. The second-order valence-electron chi connectivity index (χ2n) is 4.70. The monoisotopic (exact) mass is 315 g/mol. The molecule has 1 aromatic heterocycles. The van der Waals surface area contributed by atoms with Gasteiger partial charge in [0.15, 0.2) is 3.95 Å². The third-order valence-corrected chi connectivity index (χ3v) is 4.62. The quantitative estimate of drug-likeness (QED) is 0.831. The van der Waals surface area contributed by atoms with Crippen molar-refractivity contribution in [2.24, 2.45) is 0 Å². The first-order valence-corrected chi connectivity index (χ1v) is 7.53. The van der Waals surface area contributed by atoms with Crippen molar-refractivity contribution in [2.45, 2.75) is 25.8 Å². The minimum Gasteiger partial charge on any atom is -0.453 e. The molecule has 1 fully saturated rings. The van der Waals surface area contributed by atoms with Crippen molar-refractivity contribution >= 4 is 35.6 Å². The van der Waals surface area contributed by atoms with Crippen LogP contribution < -0.4 is 5.32 Å². The Hall–Kier alpha value is -1.41. The smallest absolute Gasteiger partial charge is 0.407 e. The van der Waals surface area contributed by atoms with Gasteiger partial charge in [0.25, 0.3) is 0 Å². The zero-order valence-corrected chi connectivity index (χ0v) is 13.0. The zero-order chi connectivity index (χ0) is 14.7. The number of likely N-dealkylation sites (tertiary alicyclic amines) is 1. The van der Waals surface area contributed by atoms with Crippen LogP contribution in [0.2, 0.25) is 0 Å². The van der Waals surface area contributed by atoms with Gasteiger partial charge < -0.3 is 19.9 Å². The van der Waals surface area contributed by atoms with Crippen molar-refractivity contribution in [3.8, 4) is 0 Å². The van der Waals surface area contributed by atoms with Crippen molar-refractivity contribution in [1.82, 2.24) is 15.2 Å². The van der Waals surface area contributed by atoms with Crippen molar-refractivity contribution in [3.05, 3.63) is 14.5 Å². The number of aromatic amines is 1. The number of hydrogen-bond acceptors (Lipinski definition) is 5. The Morgan fingerprint density at radius 3 is 2.95 bits per heavy atom. The van der Waals surface area contributed by atoms with E-state index in [2.05, 4.69) is 15.0 Å². The van der Waals surface area contributed by atoms with Crippen LogP contribution in [0.5, 0.6) is 0 Å². The van der Waals surface area contributed by atoms with Gasteiger partial charge in [0, 0.05) is 23.7 Å². The topological polar surface area (TPSA) is 74.4 Å². The Labute approximate surface area is 126 Å². The highest BCUT2D eigenvalue weighted by atomic mass is 32.1. The minimum absolute atomic E-state index is 0.0306. The standard InChI is InChI=1S/C12H17N3O3S2/c1-7-9(20-12(19)13-7)5-10(16)15-4-3-8(6-15)14-11(17)18-2/h8H,3-6H2,1-2H3,(H,13,19)(H,14,17). The van der Waals surface area contributed by atoms with Gasteiger partial charge in [0.2, 0.25) is 5.91 Å². The number of nitrogens with one attached hydrogen (secondary N) is 2. The van der Waals surface area contributed by atoms with Crippen LogP contribution >= 0.6 is 23.6 Å². The molecule has 0 bridgehead atoms. The average molecular weight is 315 g/mol. The minimum atomic E-state index is -0.455. The molecule has 8 heteroatoms. The van der Waals surface area contributed by atoms with E-state index in [-0.39, 0.29) is 11.9 Å². The normalized spacial score (nSPS) is 18.1. The van der Waals surface area contributed by atoms with Gasteiger partial charge in [0.1, 0.15) is 0 Å². The van der Waals surface area contributed by atoms with E-state index in [1.807, 2.05) is 6.92 Å². The number of alkyl carbamates (subject to hydrolysis) is 1. The molecule has 2 heterocycles. The number of nitrogens with zero attached hydrogens (tertiary/aromatic N) is 1. The summed E-state index contributed by atoms with van der Waals surface area (Å²) in [4.78, 5) is 29.1. The lowest BCUT2D eigenvalue weighted by Crippen LogP contribution is -2.38. The molecule has 2 N–H and O–H groups in total. The number of carbonyl (C=O) groups excluding carboxylic acids is 2. The molecule has 110 valence electrons. The maximum Gasteiger partial charge on any atom is 0.407 e. The number of methoxy groups -OCH3 is 1. The molecule has 1 aromatic rings. The van der Waals surface area contributed by atoms with Crippen molar-refractivity contribution in [2.75, 3.05) is 20.2 Å². The molecule has 2 rings (SSSR count). The molecule has 1 atom stereocenters. The summed E-state index contributed by atoms with van der Waals surface area (Å²) in [6, 6.07) is -0.0306. The van der Waals surface area contributed by atoms with E-state index in [1.165, 1.54) is 18.4 Å². The Bertz CT molecular complexity index is 567. The van der Waals surface area contributed by atoms with Gasteiger partial charge in [-0.25, -0.2) is 4.79 Å². The van der Waals surface area contributed by atoms with Crippen LogP contribution in [0.3, 0.4) is 0 Å². The maximum absolute atomic E-state index is 12.2. The lowest BCUT2D eigenvalue weighted by atomic mass is 10.2. The average Bonchev–Trinajstić information content (AvgIpc) is 2.97. The highest BCUT2D eigenvalue weighted by Crippen LogP contribution is 2.18. The molecule has 0 radical (unpaired) electrons. The second-order valence-corrected chi connectivity index (χ2v) is 6.47. The lowest BCUT2D eigenvalue weighted by molar-refractivity contribution is -0.129. The highest BCUT2D eigenvalue weighted by Gasteiger charge is 2.27. The lowest BCUT2D eigenvalue weighted by Gasteiger charge is -2.16. The number of hydrogen-bond donors (Lipinski definition) is 2. The van der Waals surface area contributed by atoms with Crippen molar-refractivity contribution in [3.63, 3.8) is 0 Å². The Morgan fingerprint density at radius 1 is 1.60 bits per heavy atom. The molecule has 1 aliphatic rings. The molecule has 1 saturated heterocycles. The van der Waals surface area contributed by atoms with E-state index in [0.717, 1.165) is 17.0 Å². The summed E-state index contributed by atoms with van der Waals surface area (Å²) < 4.78 is 5.25. The predicted molar refractivity (Wildman–Crippen MR) is 78.5 cm³/mol. The van der Waals surface area contributed by atoms with E-state index in [1.54, 1.807) is 4.90 Å². The third kappa shape index (κ3) is 3.57. The van der Waals surface area contributed by atoms with Gasteiger partial charge in [-0.2, -0.15) is 0 Å². The fraction of sp³-hybridized carbons (Fsp3) is 0.583. The molecular weight excluding hydrogens is 298 g/mol. The molecule has 1 unspecified atom stereocenters. The summed E-state index contributed by atoms with van der Waals surface area (Å²) in [5, 5.41) is 2.72. The molecule has 0 aliphatic carbocycles. The van der Waals surface area contributed by atoms with Crippen LogP contribution in [0.15, 0.2) is 0 Å². The van der Waals surface area contributed by atoms with Crippen LogP contribution in [0.1, 0.15) is 17.0 Å². The maximum atomic E-state index is 12.2. The van der Waals surface area contributed by atoms with Gasteiger partial charge in [-0.1, -0.05) is 0 Å². The summed E-state index contributed by atoms with van der Waals surface area (Å²) in [6.07, 6.45) is 0.654. The fourth-order valence-corrected chi connectivity index (χ4v) is 3.47. The van der Waals surface area contributed by atoms with E-state index < -0.39 is 6.09 Å². The van der Waals surface area contributed by atoms with Crippen LogP contribution in [-0.2, 0) is 16.0 Å². The highest BCUT2D eigenvalue weighted by molar-refractivity contribution is 7.73. The number of rotatable bonds is 3. The van der Waals surface area contributed by atoms with Crippen molar-refractivity contribution < 1.29 is 14.3 Å². The van der Waals surface area contributed by atoms with Crippen LogP contribution in [0.4, 0.5) is 4.79 Å². The van der Waals surface area contributed by atoms with Gasteiger partial charge >= 0.3 is 6.09 Å². The summed E-state index contributed by atoms with van der Waals surface area (Å²) >= 11 is 6.50. The van der Waals surface area contributed by atoms with Gasteiger partial charge in [0.05, 0.1) is 19.6 Å². The number of carbonyl (C=O) groups is 2. The second kappa shape index (κ2) is 6.36. The van der Waals surface area contributed by atoms with Gasteiger partial charge in [-0.15, -0.1) is 11.3 Å². The largest absolute Gasteiger partial charge is 0.453 e. The number of amides is 2. The zero-order valence-electron chi connectivity index (χ0n) is 11.4. The third-order valence-electron chi connectivity index (χ3n) is 3.28. The molecule has 0 saturated carbocycles. The summed E-state index contributed by atoms with van der Waals surface area (Å²) in [5.41, 5.74) is 0.955. The Balaban J connectivity index is 1.90. The Kier molecular flexibility index (Phi) is 4.77. The SMILES string of the molecule is COC(=O)NC1CCN(C(=O)Cc2sc(=S)[nH]c2C)C1. The first-order valence-electron chi connectivity index (χ1n) is 6.30. The van der Waals surface area contributed by atoms with Crippen LogP contribution in [-0.4, -0.2) is 48.1 Å². The fourth-order valence-electron chi connectivity index (χ4n) is 2.18. The predicted octanol–water partition coefficient (Wildman–Crippen LogP) is 1.61. The van der Waals surface area contributed by atoms with E-state index >= 15 is 0 Å². The first-order chi connectivity index (χ1) is 9.49. The number of H-pyrrole nitrogens is 1. The van der Waals surface area contributed by atoms with Gasteiger partial charge in [-0.05, 0) is 25.6 Å². The van der Waals surface area contributed by atoms with E-state index in [4.69, 9.17) is 12.2 Å². The molecule has 1 aliphatic heterocycles. The van der Waals surface area contributed by atoms with Crippen molar-refractivity contribution in [1.29, 1.82) is 0 Å². The summed E-state index contributed by atoms with van der Waals surface area (Å²) in [7, 11) is 1.33. The van der Waals surface area contributed by atoms with Gasteiger partial charge in [-0.3, -0.25) is 4.79 Å². The number of thiazole rings is 1. The molecule has 0 spiro atoms. The first kappa shape index (κ1) is 15.0. The molecule has 6 nitrogen and oxygen atoms in total.